The molecule has 9 heteroatoms. The maximum absolute atomic E-state index is 12.5. The van der Waals surface area contributed by atoms with Gasteiger partial charge < -0.3 is 29.6 Å². The Hall–Kier alpha value is -2.36. The lowest BCUT2D eigenvalue weighted by Gasteiger charge is -2.62. The van der Waals surface area contributed by atoms with Crippen molar-refractivity contribution in [2.24, 2.45) is 11.8 Å². The zero-order chi connectivity index (χ0) is 17.8. The van der Waals surface area contributed by atoms with E-state index in [2.05, 4.69) is 5.32 Å². The molecule has 0 radical (unpaired) electrons. The predicted molar refractivity (Wildman–Crippen MR) is 85.6 cm³/mol. The summed E-state index contributed by atoms with van der Waals surface area (Å²) in [6.07, 6.45) is -0.506. The SMILES string of the molecule is Nc1cc2oc1c1c2C(=O)N(CC(=O)NC2(O)OC3CC4CC(O2)C43)C1. The Kier molecular flexibility index (Phi) is 2.55. The van der Waals surface area contributed by atoms with Crippen molar-refractivity contribution in [3.8, 4) is 0 Å². The van der Waals surface area contributed by atoms with Crippen LogP contribution in [0.4, 0.5) is 5.69 Å². The highest BCUT2D eigenvalue weighted by Gasteiger charge is 2.63. The number of anilines is 1. The number of nitrogens with zero attached hydrogens (tertiary/aromatic N) is 1. The Labute approximate surface area is 147 Å². The number of furan rings is 2. The third-order valence-electron chi connectivity index (χ3n) is 6.16. The minimum absolute atomic E-state index is 0.0775. The number of nitrogens with two attached hydrogens (primary N) is 1. The number of aliphatic hydroxyl groups is 1. The van der Waals surface area contributed by atoms with Gasteiger partial charge in [-0.05, 0) is 18.8 Å². The summed E-state index contributed by atoms with van der Waals surface area (Å²) < 4.78 is 16.5. The molecule has 3 fully saturated rings. The van der Waals surface area contributed by atoms with Gasteiger partial charge >= 0.3 is 6.10 Å². The van der Waals surface area contributed by atoms with Crippen LogP contribution in [0.2, 0.25) is 0 Å². The second-order valence-corrected chi connectivity index (χ2v) is 7.66. The highest BCUT2D eigenvalue weighted by Crippen LogP contribution is 2.57. The first-order valence-corrected chi connectivity index (χ1v) is 8.73. The number of hydrogen-bond acceptors (Lipinski definition) is 7. The van der Waals surface area contributed by atoms with Gasteiger partial charge in [0, 0.05) is 17.5 Å². The van der Waals surface area contributed by atoms with E-state index in [1.54, 1.807) is 6.07 Å². The summed E-state index contributed by atoms with van der Waals surface area (Å²) >= 11 is 0. The summed E-state index contributed by atoms with van der Waals surface area (Å²) in [5.41, 5.74) is 8.42. The minimum Gasteiger partial charge on any atom is -0.454 e. The molecule has 4 heterocycles. The molecule has 9 nitrogen and oxygen atoms in total. The van der Waals surface area contributed by atoms with Gasteiger partial charge in [0.1, 0.15) is 12.1 Å². The largest absolute Gasteiger partial charge is 0.454 e. The van der Waals surface area contributed by atoms with E-state index in [9.17, 15) is 14.7 Å². The van der Waals surface area contributed by atoms with E-state index in [1.165, 1.54) is 4.90 Å². The fourth-order valence-corrected chi connectivity index (χ4v) is 4.88. The molecule has 2 saturated carbocycles. The molecule has 4 aliphatic rings. The quantitative estimate of drug-likeness (QED) is 0.518. The number of carbonyl (C=O) groups excluding carboxylic acids is 2. The summed E-state index contributed by atoms with van der Waals surface area (Å²) in [4.78, 5) is 26.3. The van der Waals surface area contributed by atoms with Gasteiger partial charge in [-0.25, -0.2) is 0 Å². The van der Waals surface area contributed by atoms with Crippen molar-refractivity contribution in [1.29, 1.82) is 0 Å². The first kappa shape index (κ1) is 14.8. The van der Waals surface area contributed by atoms with E-state index in [-0.39, 0.29) is 31.2 Å². The van der Waals surface area contributed by atoms with Crippen molar-refractivity contribution in [1.82, 2.24) is 10.2 Å². The Morgan fingerprint density at radius 2 is 2.12 bits per heavy atom. The van der Waals surface area contributed by atoms with Gasteiger partial charge in [-0.15, -0.1) is 0 Å². The van der Waals surface area contributed by atoms with Gasteiger partial charge in [0.2, 0.25) is 5.91 Å². The van der Waals surface area contributed by atoms with Gasteiger partial charge in [0.15, 0.2) is 5.58 Å². The lowest BCUT2D eigenvalue weighted by Crippen LogP contribution is -2.72. The van der Waals surface area contributed by atoms with Crippen molar-refractivity contribution >= 4 is 28.7 Å². The van der Waals surface area contributed by atoms with Crippen LogP contribution in [0.15, 0.2) is 10.5 Å². The lowest BCUT2D eigenvalue weighted by molar-refractivity contribution is -0.481. The zero-order valence-corrected chi connectivity index (χ0v) is 13.7. The van der Waals surface area contributed by atoms with Crippen LogP contribution in [-0.2, 0) is 20.8 Å². The predicted octanol–water partition coefficient (Wildman–Crippen LogP) is -0.0478. The number of nitrogen functional groups attached to an aromatic ring is 1. The van der Waals surface area contributed by atoms with Crippen LogP contribution >= 0.6 is 0 Å². The molecule has 2 bridgehead atoms. The van der Waals surface area contributed by atoms with Gasteiger partial charge in [-0.1, -0.05) is 0 Å². The molecule has 2 aliphatic heterocycles. The van der Waals surface area contributed by atoms with E-state index in [0.29, 0.717) is 39.8 Å². The molecule has 4 N–H and O–H groups in total. The first-order valence-electron chi connectivity index (χ1n) is 8.73. The van der Waals surface area contributed by atoms with Crippen molar-refractivity contribution in [3.05, 3.63) is 17.2 Å². The molecule has 2 aromatic rings. The monoisotopic (exact) mass is 359 g/mol. The number of amides is 2. The number of ether oxygens (including phenoxy) is 2. The van der Waals surface area contributed by atoms with Crippen LogP contribution in [0.1, 0.15) is 28.8 Å². The second-order valence-electron chi connectivity index (χ2n) is 7.66. The Balaban J connectivity index is 1.15. The van der Waals surface area contributed by atoms with Crippen LogP contribution in [0, 0.1) is 11.8 Å². The topological polar surface area (TPSA) is 127 Å². The molecular weight excluding hydrogens is 342 g/mol. The van der Waals surface area contributed by atoms with Gasteiger partial charge in [-0.3, -0.25) is 14.9 Å². The Morgan fingerprint density at radius 1 is 1.38 bits per heavy atom. The van der Waals surface area contributed by atoms with Crippen LogP contribution in [0.25, 0.3) is 11.2 Å². The molecule has 2 atom stereocenters. The van der Waals surface area contributed by atoms with Crippen molar-refractivity contribution in [3.63, 3.8) is 0 Å². The van der Waals surface area contributed by atoms with Crippen LogP contribution in [0.3, 0.4) is 0 Å². The molecule has 2 aliphatic carbocycles. The number of rotatable bonds is 3. The maximum Gasteiger partial charge on any atom is 0.374 e. The van der Waals surface area contributed by atoms with Gasteiger partial charge in [0.25, 0.3) is 5.91 Å². The summed E-state index contributed by atoms with van der Waals surface area (Å²) in [6.45, 7) is 0.0207. The number of hydrogen-bond donors (Lipinski definition) is 3. The van der Waals surface area contributed by atoms with Gasteiger partial charge in [-0.2, -0.15) is 0 Å². The molecule has 2 unspecified atom stereocenters. The molecule has 1 saturated heterocycles. The smallest absolute Gasteiger partial charge is 0.374 e. The Bertz CT molecular complexity index is 938. The Morgan fingerprint density at radius 3 is 2.81 bits per heavy atom. The van der Waals surface area contributed by atoms with Crippen LogP contribution in [0.5, 0.6) is 0 Å². The normalized spacial score (nSPS) is 37.3. The highest BCUT2D eigenvalue weighted by molar-refractivity contribution is 6.10. The minimum atomic E-state index is -2.12. The lowest BCUT2D eigenvalue weighted by atomic mass is 9.55. The van der Waals surface area contributed by atoms with E-state index in [0.717, 1.165) is 12.8 Å². The standard InChI is InChI=1S/C17H17N3O6/c18-8-3-9-14-7(15(8)24-9)4-20(16(14)22)5-12(21)19-17(23)25-10-1-6-2-11(26-17)13(6)10/h3,6,10-11,13,23H,1-2,4-5,18H2,(H,19,21). The van der Waals surface area contributed by atoms with Crippen molar-refractivity contribution in [2.45, 2.75) is 37.7 Å². The van der Waals surface area contributed by atoms with E-state index in [4.69, 9.17) is 19.6 Å². The molecule has 26 heavy (non-hydrogen) atoms. The van der Waals surface area contributed by atoms with Crippen LogP contribution < -0.4 is 11.1 Å². The summed E-state index contributed by atoms with van der Waals surface area (Å²) in [5.74, 6) is 0.110. The van der Waals surface area contributed by atoms with E-state index < -0.39 is 12.0 Å². The zero-order valence-electron chi connectivity index (χ0n) is 13.7. The summed E-state index contributed by atoms with van der Waals surface area (Å²) in [6, 6.07) is 1.61. The molecule has 2 aromatic heterocycles. The number of fused-ring (bicyclic) bond motifs is 5. The van der Waals surface area contributed by atoms with Crippen molar-refractivity contribution in [2.75, 3.05) is 12.3 Å². The van der Waals surface area contributed by atoms with Crippen molar-refractivity contribution < 1.29 is 28.6 Å². The van der Waals surface area contributed by atoms with E-state index in [1.807, 2.05) is 0 Å². The first-order chi connectivity index (χ1) is 12.4. The highest BCUT2D eigenvalue weighted by atomic mass is 16.9. The molecule has 0 spiro atoms. The third kappa shape index (κ3) is 1.75. The molecule has 136 valence electrons. The average molecular weight is 359 g/mol. The average Bonchev–Trinajstić information content (AvgIpc) is 3.15. The van der Waals surface area contributed by atoms with Gasteiger partial charge in [0.05, 0.1) is 30.0 Å². The molecule has 0 aromatic carbocycles. The maximum atomic E-state index is 12.5. The fraction of sp³-hybridized carbons (Fsp3) is 0.529. The summed E-state index contributed by atoms with van der Waals surface area (Å²) in [5, 5.41) is 12.8. The molecule has 6 rings (SSSR count). The fourth-order valence-electron chi connectivity index (χ4n) is 4.88. The second kappa shape index (κ2) is 4.48. The number of nitrogens with one attached hydrogen (secondary N) is 1. The van der Waals surface area contributed by atoms with Crippen LogP contribution in [-0.4, -0.2) is 46.7 Å². The third-order valence-corrected chi connectivity index (χ3v) is 6.16. The number of benzene rings is 1. The van der Waals surface area contributed by atoms with E-state index >= 15 is 0 Å². The number of carbonyl (C=O) groups is 2. The summed E-state index contributed by atoms with van der Waals surface area (Å²) in [7, 11) is 0. The molecular formula is C17H17N3O6. The molecule has 2 amide bonds.